The lowest BCUT2D eigenvalue weighted by Crippen LogP contribution is -2.39. The molecule has 1 aliphatic heterocycles. The number of sulfonamides is 1. The number of benzene rings is 2. The minimum absolute atomic E-state index is 0.0368. The van der Waals surface area contributed by atoms with Gasteiger partial charge < -0.3 is 19.0 Å². The van der Waals surface area contributed by atoms with Gasteiger partial charge in [-0.1, -0.05) is 41.0 Å². The topological polar surface area (TPSA) is 112 Å². The van der Waals surface area contributed by atoms with Crippen molar-refractivity contribution in [3.05, 3.63) is 53.1 Å². The second-order valence-electron chi connectivity index (χ2n) is 8.59. The largest absolute Gasteiger partial charge is 0.616 e. The first kappa shape index (κ1) is 24.6. The smallest absolute Gasteiger partial charge is 0.255 e. The lowest BCUT2D eigenvalue weighted by Gasteiger charge is -2.24. The highest BCUT2D eigenvalue weighted by Crippen LogP contribution is 2.42. The summed E-state index contributed by atoms with van der Waals surface area (Å²) in [6, 6.07) is 11.1. The summed E-state index contributed by atoms with van der Waals surface area (Å²) in [5.74, 6) is 0.311. The van der Waals surface area contributed by atoms with E-state index in [1.165, 1.54) is 4.31 Å². The molecule has 0 radical (unpaired) electrons. The average Bonchev–Trinajstić information content (AvgIpc) is 3.06. The number of anilines is 1. The number of aryl methyl sites for hydroxylation is 1. The van der Waals surface area contributed by atoms with Crippen LogP contribution in [0.1, 0.15) is 34.5 Å². The number of amides is 1. The zero-order valence-corrected chi connectivity index (χ0v) is 21.4. The van der Waals surface area contributed by atoms with Crippen LogP contribution in [-0.4, -0.2) is 56.8 Å². The van der Waals surface area contributed by atoms with Crippen molar-refractivity contribution in [2.75, 3.05) is 36.2 Å². The monoisotopic (exact) mass is 504 g/mol. The van der Waals surface area contributed by atoms with Gasteiger partial charge in [0.1, 0.15) is 23.2 Å². The van der Waals surface area contributed by atoms with Crippen molar-refractivity contribution in [1.29, 1.82) is 0 Å². The molecular formula is C24H28N2O6S2. The second kappa shape index (κ2) is 9.26. The van der Waals surface area contributed by atoms with E-state index in [0.717, 1.165) is 17.4 Å². The predicted molar refractivity (Wildman–Crippen MR) is 134 cm³/mol. The van der Waals surface area contributed by atoms with Gasteiger partial charge in [0, 0.05) is 29.6 Å². The maximum Gasteiger partial charge on any atom is 0.255 e. The van der Waals surface area contributed by atoms with Crippen molar-refractivity contribution < 1.29 is 26.9 Å². The Kier molecular flexibility index (Phi) is 6.69. The van der Waals surface area contributed by atoms with Crippen LogP contribution in [-0.2, 0) is 25.9 Å². The number of rotatable bonds is 5. The molecule has 34 heavy (non-hydrogen) atoms. The van der Waals surface area contributed by atoms with Crippen LogP contribution in [0.2, 0.25) is 0 Å². The number of carbonyl (C=O) groups is 1. The van der Waals surface area contributed by atoms with Crippen molar-refractivity contribution in [2.45, 2.75) is 26.1 Å². The van der Waals surface area contributed by atoms with Crippen molar-refractivity contribution in [3.63, 3.8) is 0 Å². The Morgan fingerprint density at radius 1 is 1.26 bits per heavy atom. The average molecular weight is 505 g/mol. The van der Waals surface area contributed by atoms with Crippen molar-refractivity contribution in [3.8, 4) is 11.3 Å². The third-order valence-corrected chi connectivity index (χ3v) is 7.89. The van der Waals surface area contributed by atoms with Gasteiger partial charge in [-0.15, -0.1) is 0 Å². The fourth-order valence-corrected chi connectivity index (χ4v) is 5.97. The van der Waals surface area contributed by atoms with E-state index in [9.17, 15) is 17.8 Å². The normalized spacial score (nSPS) is 19.5. The summed E-state index contributed by atoms with van der Waals surface area (Å²) >= 11 is -1.16. The Hall–Kier alpha value is -2.53. The molecule has 0 spiro atoms. The molecule has 10 heteroatoms. The summed E-state index contributed by atoms with van der Waals surface area (Å²) < 4.78 is 50.9. The molecule has 0 fully saturated rings. The number of ether oxygens (including phenoxy) is 1. The van der Waals surface area contributed by atoms with Gasteiger partial charge >= 0.3 is 0 Å². The van der Waals surface area contributed by atoms with Crippen LogP contribution < -0.4 is 9.62 Å². The molecule has 0 saturated carbocycles. The highest BCUT2D eigenvalue weighted by Gasteiger charge is 2.35. The number of fused-ring (bicyclic) bond motifs is 2. The molecular weight excluding hydrogens is 476 g/mol. The summed E-state index contributed by atoms with van der Waals surface area (Å²) in [6.07, 6.45) is 1.66. The fraction of sp³-hybridized carbons (Fsp3) is 0.375. The van der Waals surface area contributed by atoms with Gasteiger partial charge in [-0.2, -0.15) is 0 Å². The number of nitrogens with zero attached hydrogens (tertiary/aromatic N) is 1. The van der Waals surface area contributed by atoms with Gasteiger partial charge in [-0.3, -0.25) is 9.10 Å². The molecule has 0 saturated heterocycles. The number of hydrogen-bond acceptors (Lipinski definition) is 6. The van der Waals surface area contributed by atoms with Crippen molar-refractivity contribution in [1.82, 2.24) is 5.32 Å². The molecule has 182 valence electrons. The molecule has 1 unspecified atom stereocenters. The molecule has 8 nitrogen and oxygen atoms in total. The SMILES string of the molecule is CNC(=O)c1c(-c2ccc(C)cc2)oc2cc3c(cc12)[C@H](C)O[C@H](C[S+](C)[O-])CN3S(C)(=O)=O. The van der Waals surface area contributed by atoms with Gasteiger partial charge in [-0.05, 0) is 19.9 Å². The second-order valence-corrected chi connectivity index (χ2v) is 12.0. The lowest BCUT2D eigenvalue weighted by atomic mass is 10.00. The molecule has 1 aliphatic rings. The van der Waals surface area contributed by atoms with Crippen LogP contribution in [0.5, 0.6) is 0 Å². The van der Waals surface area contributed by atoms with E-state index in [1.54, 1.807) is 25.4 Å². The first-order valence-corrected chi connectivity index (χ1v) is 14.4. The Morgan fingerprint density at radius 3 is 2.53 bits per heavy atom. The third kappa shape index (κ3) is 4.68. The van der Waals surface area contributed by atoms with Gasteiger partial charge in [-0.25, -0.2) is 8.42 Å². The first-order valence-electron chi connectivity index (χ1n) is 10.8. The molecule has 0 aliphatic carbocycles. The summed E-state index contributed by atoms with van der Waals surface area (Å²) in [7, 11) is -2.12. The number of hydrogen-bond donors (Lipinski definition) is 1. The van der Waals surface area contributed by atoms with Crippen LogP contribution in [0.25, 0.3) is 22.3 Å². The maximum absolute atomic E-state index is 12.9. The molecule has 2 aromatic carbocycles. The van der Waals surface area contributed by atoms with Gasteiger partial charge in [0.25, 0.3) is 5.91 Å². The Labute approximate surface area is 202 Å². The first-order chi connectivity index (χ1) is 16.0. The zero-order chi connectivity index (χ0) is 24.8. The van der Waals surface area contributed by atoms with E-state index in [0.29, 0.717) is 33.5 Å². The highest BCUT2D eigenvalue weighted by atomic mass is 32.2. The van der Waals surface area contributed by atoms with Crippen LogP contribution in [0, 0.1) is 6.92 Å². The Morgan fingerprint density at radius 2 is 1.94 bits per heavy atom. The van der Waals surface area contributed by atoms with Crippen LogP contribution in [0.4, 0.5) is 5.69 Å². The highest BCUT2D eigenvalue weighted by molar-refractivity contribution is 7.92. The van der Waals surface area contributed by atoms with Gasteiger partial charge in [0.15, 0.2) is 0 Å². The quantitative estimate of drug-likeness (QED) is 0.533. The van der Waals surface area contributed by atoms with Crippen molar-refractivity contribution >= 4 is 43.8 Å². The van der Waals surface area contributed by atoms with E-state index < -0.39 is 33.4 Å². The summed E-state index contributed by atoms with van der Waals surface area (Å²) in [5.41, 5.74) is 3.63. The minimum atomic E-state index is -3.67. The predicted octanol–water partition coefficient (Wildman–Crippen LogP) is 3.37. The molecule has 0 bridgehead atoms. The standard InChI is InChI=1S/C24H28N2O6S2/c1-14-6-8-16(9-7-14)23-22(24(27)25-3)19-10-18-15(2)31-17(13-33(4)28)12-26(34(5,29)30)20(18)11-21(19)32-23/h6-11,15,17H,12-13H2,1-5H3,(H,25,27)/t15-,17-,33?/m0/s1. The molecule has 1 aromatic heterocycles. The number of furan rings is 1. The molecule has 1 amide bonds. The third-order valence-electron chi connectivity index (χ3n) is 5.90. The number of carbonyl (C=O) groups excluding carboxylic acids is 1. The molecule has 3 atom stereocenters. The van der Waals surface area contributed by atoms with Crippen molar-refractivity contribution in [2.24, 2.45) is 0 Å². The van der Waals surface area contributed by atoms with Crippen LogP contribution in [0.3, 0.4) is 0 Å². The molecule has 4 rings (SSSR count). The van der Waals surface area contributed by atoms with Gasteiger partial charge in [0.2, 0.25) is 10.0 Å². The van der Waals surface area contributed by atoms with E-state index >= 15 is 0 Å². The van der Waals surface area contributed by atoms with E-state index in [-0.39, 0.29) is 18.2 Å². The Bertz CT molecular complexity index is 1330. The molecule has 2 heterocycles. The van der Waals surface area contributed by atoms with E-state index in [2.05, 4.69) is 5.32 Å². The van der Waals surface area contributed by atoms with Gasteiger partial charge in [0.05, 0.1) is 36.4 Å². The fourth-order valence-electron chi connectivity index (χ4n) is 4.31. The lowest BCUT2D eigenvalue weighted by molar-refractivity contribution is 0.0193. The summed E-state index contributed by atoms with van der Waals surface area (Å²) in [6.45, 7) is 3.83. The number of nitrogens with one attached hydrogen (secondary N) is 1. The zero-order valence-electron chi connectivity index (χ0n) is 19.7. The Balaban J connectivity index is 1.96. The molecule has 3 aromatic rings. The van der Waals surface area contributed by atoms with E-state index in [4.69, 9.17) is 9.15 Å². The minimum Gasteiger partial charge on any atom is -0.616 e. The van der Waals surface area contributed by atoms with Crippen LogP contribution >= 0.6 is 0 Å². The van der Waals surface area contributed by atoms with E-state index in [1.807, 2.05) is 38.1 Å². The maximum atomic E-state index is 12.9. The summed E-state index contributed by atoms with van der Waals surface area (Å²) in [5, 5.41) is 3.24. The van der Waals surface area contributed by atoms with Crippen LogP contribution in [0.15, 0.2) is 40.8 Å². The summed E-state index contributed by atoms with van der Waals surface area (Å²) in [4.78, 5) is 12.9. The molecule has 1 N–H and O–H groups in total.